The van der Waals surface area contributed by atoms with Crippen LogP contribution in [-0.2, 0) is 19.9 Å². The van der Waals surface area contributed by atoms with Gasteiger partial charge in [-0.3, -0.25) is 0 Å². The molecular formula is C14H22F2O3Si. The quantitative estimate of drug-likeness (QED) is 0.546. The predicted octanol–water partition coefficient (Wildman–Crippen LogP) is 2.70. The van der Waals surface area contributed by atoms with Crippen LogP contribution in [0.2, 0.25) is 0 Å². The molecule has 0 heterocycles. The molecule has 6 heteroatoms. The Bertz CT molecular complexity index is 383. The molecule has 0 unspecified atom stereocenters. The van der Waals surface area contributed by atoms with E-state index in [-0.39, 0.29) is 12.2 Å². The molecule has 0 fully saturated rings. The van der Waals surface area contributed by atoms with Gasteiger partial charge in [0.15, 0.2) is 9.76 Å². The Morgan fingerprint density at radius 3 is 1.90 bits per heavy atom. The van der Waals surface area contributed by atoms with E-state index in [2.05, 4.69) is 0 Å². The van der Waals surface area contributed by atoms with Crippen LogP contribution in [0, 0.1) is 11.6 Å². The second kappa shape index (κ2) is 8.46. The fourth-order valence-electron chi connectivity index (χ4n) is 1.58. The maximum absolute atomic E-state index is 13.0. The average Bonchev–Trinajstić information content (AvgIpc) is 2.25. The summed E-state index contributed by atoms with van der Waals surface area (Å²) in [6.45, 7) is 6.86. The second-order valence-corrected chi connectivity index (χ2v) is 6.30. The minimum atomic E-state index is -1.04. The first kappa shape index (κ1) is 17.2. The Balaban J connectivity index is 2.46. The summed E-state index contributed by atoms with van der Waals surface area (Å²) in [7, 11) is -1.04. The second-order valence-electron chi connectivity index (χ2n) is 5.06. The van der Waals surface area contributed by atoms with Gasteiger partial charge in [0.05, 0.1) is 12.2 Å². The maximum atomic E-state index is 13.0. The van der Waals surface area contributed by atoms with Gasteiger partial charge in [-0.15, -0.1) is 0 Å². The van der Waals surface area contributed by atoms with Gasteiger partial charge in [0.1, 0.15) is 11.6 Å². The van der Waals surface area contributed by atoms with E-state index in [1.165, 1.54) is 12.1 Å². The lowest BCUT2D eigenvalue weighted by Crippen LogP contribution is -2.29. The minimum Gasteiger partial charge on any atom is -0.378 e. The molecule has 0 radical (unpaired) electrons. The largest absolute Gasteiger partial charge is 0.378 e. The average molecular weight is 304 g/mol. The van der Waals surface area contributed by atoms with E-state index in [1.54, 1.807) is 0 Å². The summed E-state index contributed by atoms with van der Waals surface area (Å²) in [5, 5.41) is 0. The first-order valence-electron chi connectivity index (χ1n) is 6.74. The molecule has 0 aromatic heterocycles. The van der Waals surface area contributed by atoms with Crippen molar-refractivity contribution in [1.82, 2.24) is 0 Å². The van der Waals surface area contributed by atoms with Gasteiger partial charge in [-0.2, -0.15) is 0 Å². The molecule has 0 aliphatic carbocycles. The molecule has 0 N–H and O–H groups in total. The van der Waals surface area contributed by atoms with E-state index < -0.39 is 27.9 Å². The number of halogens is 2. The highest BCUT2D eigenvalue weighted by molar-refractivity contribution is 6.26. The Hall–Kier alpha value is -0.823. The Morgan fingerprint density at radius 1 is 0.950 bits per heavy atom. The third-order valence-electron chi connectivity index (χ3n) is 2.33. The van der Waals surface area contributed by atoms with Crippen molar-refractivity contribution in [2.45, 2.75) is 52.4 Å². The molecular weight excluding hydrogens is 282 g/mol. The van der Waals surface area contributed by atoms with Gasteiger partial charge in [-0.05, 0) is 51.4 Å². The van der Waals surface area contributed by atoms with Crippen LogP contribution in [0.4, 0.5) is 8.78 Å². The van der Waals surface area contributed by atoms with E-state index in [0.29, 0.717) is 11.6 Å². The SMILES string of the molecule is CC(C)OC(O[SiH2]Cc1cc(F)cc(F)c1)OC(C)C. The Kier molecular flexibility index (Phi) is 7.29. The van der Waals surface area contributed by atoms with Crippen molar-refractivity contribution in [3.63, 3.8) is 0 Å². The molecule has 20 heavy (non-hydrogen) atoms. The van der Waals surface area contributed by atoms with Gasteiger partial charge in [-0.25, -0.2) is 8.78 Å². The zero-order valence-electron chi connectivity index (χ0n) is 12.4. The summed E-state index contributed by atoms with van der Waals surface area (Å²) in [6.07, 6.45) is -0.0290. The van der Waals surface area contributed by atoms with Gasteiger partial charge in [0.2, 0.25) is 0 Å². The normalized spacial score (nSPS) is 12.4. The number of rotatable bonds is 8. The van der Waals surface area contributed by atoms with E-state index in [0.717, 1.165) is 6.07 Å². The molecule has 0 aliphatic heterocycles. The van der Waals surface area contributed by atoms with Crippen LogP contribution in [0.25, 0.3) is 0 Å². The van der Waals surface area contributed by atoms with Crippen molar-refractivity contribution in [2.24, 2.45) is 0 Å². The highest BCUT2D eigenvalue weighted by Gasteiger charge is 2.14. The van der Waals surface area contributed by atoms with Crippen LogP contribution in [0.5, 0.6) is 0 Å². The van der Waals surface area contributed by atoms with E-state index >= 15 is 0 Å². The molecule has 0 saturated carbocycles. The molecule has 1 rings (SSSR count). The van der Waals surface area contributed by atoms with Crippen LogP contribution >= 0.6 is 0 Å². The van der Waals surface area contributed by atoms with Gasteiger partial charge >= 0.3 is 0 Å². The van der Waals surface area contributed by atoms with Crippen molar-refractivity contribution < 1.29 is 22.7 Å². The first-order valence-corrected chi connectivity index (χ1v) is 8.32. The van der Waals surface area contributed by atoms with Gasteiger partial charge in [0, 0.05) is 6.07 Å². The Labute approximate surface area is 121 Å². The molecule has 0 aliphatic rings. The summed E-state index contributed by atoms with van der Waals surface area (Å²) in [5.41, 5.74) is 0.599. The van der Waals surface area contributed by atoms with Gasteiger partial charge in [-0.1, -0.05) is 0 Å². The van der Waals surface area contributed by atoms with Crippen LogP contribution in [-0.4, -0.2) is 28.4 Å². The molecule has 0 saturated heterocycles. The van der Waals surface area contributed by atoms with Crippen molar-refractivity contribution in [1.29, 1.82) is 0 Å². The third kappa shape index (κ3) is 7.09. The number of benzene rings is 1. The first-order chi connectivity index (χ1) is 9.36. The molecule has 1 aromatic rings. The summed E-state index contributed by atoms with van der Waals surface area (Å²) in [6, 6.07) is 4.02. The number of ether oxygens (including phenoxy) is 2. The third-order valence-corrected chi connectivity index (χ3v) is 3.62. The van der Waals surface area contributed by atoms with Crippen LogP contribution in [0.15, 0.2) is 18.2 Å². The number of hydrogen-bond donors (Lipinski definition) is 0. The van der Waals surface area contributed by atoms with Crippen LogP contribution in [0.3, 0.4) is 0 Å². The lowest BCUT2D eigenvalue weighted by molar-refractivity contribution is -0.275. The van der Waals surface area contributed by atoms with E-state index in [1.807, 2.05) is 27.7 Å². The zero-order chi connectivity index (χ0) is 15.1. The lowest BCUT2D eigenvalue weighted by atomic mass is 10.2. The molecule has 3 nitrogen and oxygen atoms in total. The molecule has 1 aromatic carbocycles. The van der Waals surface area contributed by atoms with Crippen molar-refractivity contribution in [3.05, 3.63) is 35.4 Å². The number of hydrogen-bond acceptors (Lipinski definition) is 3. The van der Waals surface area contributed by atoms with Crippen LogP contribution in [0.1, 0.15) is 33.3 Å². The molecule has 0 amide bonds. The Morgan fingerprint density at radius 2 is 1.45 bits per heavy atom. The summed E-state index contributed by atoms with van der Waals surface area (Å²) < 4.78 is 42.7. The lowest BCUT2D eigenvalue weighted by Gasteiger charge is -2.23. The standard InChI is InChI=1S/C14H22F2O3Si/c1-9(2)17-14(18-10(3)4)19-20-8-11-5-12(15)7-13(16)6-11/h5-7,9-10,14H,8,20H2,1-4H3. The smallest absolute Gasteiger partial charge is 0.262 e. The topological polar surface area (TPSA) is 27.7 Å². The molecule has 0 bridgehead atoms. The van der Waals surface area contributed by atoms with Crippen molar-refractivity contribution >= 4 is 9.76 Å². The highest BCUT2D eigenvalue weighted by atomic mass is 28.2. The minimum absolute atomic E-state index is 0.0145. The monoisotopic (exact) mass is 304 g/mol. The van der Waals surface area contributed by atoms with Crippen LogP contribution < -0.4 is 0 Å². The highest BCUT2D eigenvalue weighted by Crippen LogP contribution is 2.10. The zero-order valence-corrected chi connectivity index (χ0v) is 13.8. The molecule has 114 valence electrons. The van der Waals surface area contributed by atoms with Gasteiger partial charge in [0.25, 0.3) is 6.48 Å². The summed E-state index contributed by atoms with van der Waals surface area (Å²) in [4.78, 5) is 0. The summed E-state index contributed by atoms with van der Waals surface area (Å²) in [5.74, 6) is -1.13. The van der Waals surface area contributed by atoms with Gasteiger partial charge < -0.3 is 13.9 Å². The van der Waals surface area contributed by atoms with Crippen molar-refractivity contribution in [2.75, 3.05) is 0 Å². The summed E-state index contributed by atoms with van der Waals surface area (Å²) >= 11 is 0. The molecule has 0 spiro atoms. The fourth-order valence-corrected chi connectivity index (χ4v) is 2.58. The molecule has 0 atom stereocenters. The predicted molar refractivity (Wildman–Crippen MR) is 75.9 cm³/mol. The maximum Gasteiger partial charge on any atom is 0.262 e. The van der Waals surface area contributed by atoms with E-state index in [9.17, 15) is 8.78 Å². The fraction of sp³-hybridized carbons (Fsp3) is 0.571. The van der Waals surface area contributed by atoms with E-state index in [4.69, 9.17) is 13.9 Å². The van der Waals surface area contributed by atoms with Crippen molar-refractivity contribution in [3.8, 4) is 0 Å².